The summed E-state index contributed by atoms with van der Waals surface area (Å²) in [7, 11) is 0. The van der Waals surface area contributed by atoms with Gasteiger partial charge in [-0.2, -0.15) is 0 Å². The van der Waals surface area contributed by atoms with Crippen LogP contribution in [0.1, 0.15) is 10.4 Å². The molecule has 6 nitrogen and oxygen atoms in total. The average molecular weight is 292 g/mol. The molecule has 116 valence electrons. The molecule has 1 amide bonds. The fraction of sp³-hybridized carbons (Fsp3) is 0.533. The van der Waals surface area contributed by atoms with Crippen LogP contribution in [0.5, 0.6) is 5.75 Å². The standard InChI is InChI=1S/C15H24N4O2/c20-14-4-2-1-3-13(14)15(21)19-11-9-17-7-5-16-6-8-18-10-12-19/h1-4,16-18,20H,5-12H2. The Morgan fingerprint density at radius 3 is 2.00 bits per heavy atom. The number of rotatable bonds is 1. The molecular weight excluding hydrogens is 268 g/mol. The van der Waals surface area contributed by atoms with Crippen molar-refractivity contribution in [2.45, 2.75) is 0 Å². The lowest BCUT2D eigenvalue weighted by molar-refractivity contribution is 0.0755. The second kappa shape index (κ2) is 8.61. The molecule has 0 unspecified atom stereocenters. The molecule has 2 rings (SSSR count). The smallest absolute Gasteiger partial charge is 0.257 e. The zero-order valence-electron chi connectivity index (χ0n) is 12.3. The number of benzene rings is 1. The Morgan fingerprint density at radius 1 is 0.905 bits per heavy atom. The molecule has 4 N–H and O–H groups in total. The van der Waals surface area contributed by atoms with Crippen LogP contribution < -0.4 is 16.0 Å². The van der Waals surface area contributed by atoms with E-state index in [9.17, 15) is 9.90 Å². The number of para-hydroxylation sites is 1. The first kappa shape index (κ1) is 15.8. The maximum absolute atomic E-state index is 12.5. The SMILES string of the molecule is O=C(c1ccccc1O)N1CCNCCNCCNCC1. The summed E-state index contributed by atoms with van der Waals surface area (Å²) in [6.45, 7) is 6.40. The first-order chi connectivity index (χ1) is 10.3. The first-order valence-corrected chi connectivity index (χ1v) is 7.48. The molecular formula is C15H24N4O2. The first-order valence-electron chi connectivity index (χ1n) is 7.48. The Labute approximate surface area is 125 Å². The highest BCUT2D eigenvalue weighted by molar-refractivity contribution is 5.96. The molecule has 21 heavy (non-hydrogen) atoms. The number of hydrogen-bond donors (Lipinski definition) is 4. The third-order valence-corrected chi connectivity index (χ3v) is 3.50. The molecule has 1 saturated heterocycles. The minimum atomic E-state index is -0.119. The van der Waals surface area contributed by atoms with Gasteiger partial charge in [-0.3, -0.25) is 4.79 Å². The summed E-state index contributed by atoms with van der Waals surface area (Å²) in [6, 6.07) is 6.70. The summed E-state index contributed by atoms with van der Waals surface area (Å²) >= 11 is 0. The highest BCUT2D eigenvalue weighted by atomic mass is 16.3. The summed E-state index contributed by atoms with van der Waals surface area (Å²) in [5.74, 6) is -0.0781. The topological polar surface area (TPSA) is 76.6 Å². The molecule has 0 saturated carbocycles. The van der Waals surface area contributed by atoms with Gasteiger partial charge >= 0.3 is 0 Å². The average Bonchev–Trinajstić information content (AvgIpc) is 2.48. The zero-order chi connectivity index (χ0) is 14.9. The number of hydrogen-bond acceptors (Lipinski definition) is 5. The maximum atomic E-state index is 12.5. The van der Waals surface area contributed by atoms with E-state index in [1.807, 2.05) is 0 Å². The van der Waals surface area contributed by atoms with Crippen LogP contribution in [-0.4, -0.2) is 68.3 Å². The molecule has 1 aromatic rings. The summed E-state index contributed by atoms with van der Waals surface area (Å²) in [5.41, 5.74) is 0.367. The number of phenols is 1. The van der Waals surface area contributed by atoms with Crippen molar-refractivity contribution >= 4 is 5.91 Å². The molecule has 1 aliphatic heterocycles. The third kappa shape index (κ3) is 5.00. The second-order valence-corrected chi connectivity index (χ2v) is 5.06. The quantitative estimate of drug-likeness (QED) is 0.567. The monoisotopic (exact) mass is 292 g/mol. The highest BCUT2D eigenvalue weighted by Crippen LogP contribution is 2.17. The van der Waals surface area contributed by atoms with Gasteiger partial charge in [-0.25, -0.2) is 0 Å². The van der Waals surface area contributed by atoms with E-state index in [1.54, 1.807) is 29.2 Å². The maximum Gasteiger partial charge on any atom is 0.257 e. The number of nitrogens with one attached hydrogen (secondary N) is 3. The van der Waals surface area contributed by atoms with Crippen molar-refractivity contribution in [3.8, 4) is 5.75 Å². The zero-order valence-corrected chi connectivity index (χ0v) is 12.3. The van der Waals surface area contributed by atoms with Gasteiger partial charge in [0, 0.05) is 52.4 Å². The largest absolute Gasteiger partial charge is 0.507 e. The van der Waals surface area contributed by atoms with Crippen molar-refractivity contribution in [2.75, 3.05) is 52.4 Å². The van der Waals surface area contributed by atoms with Gasteiger partial charge in [0.1, 0.15) is 5.75 Å². The lowest BCUT2D eigenvalue weighted by Gasteiger charge is -2.24. The van der Waals surface area contributed by atoms with Crippen molar-refractivity contribution in [3.05, 3.63) is 29.8 Å². The second-order valence-electron chi connectivity index (χ2n) is 5.06. The van der Waals surface area contributed by atoms with E-state index in [1.165, 1.54) is 0 Å². The number of phenolic OH excluding ortho intramolecular Hbond substituents is 1. The molecule has 1 fully saturated rings. The summed E-state index contributed by atoms with van der Waals surface area (Å²) < 4.78 is 0. The Bertz CT molecular complexity index is 441. The summed E-state index contributed by atoms with van der Waals surface area (Å²) in [5, 5.41) is 19.8. The van der Waals surface area contributed by atoms with Crippen LogP contribution in [0.15, 0.2) is 24.3 Å². The van der Waals surface area contributed by atoms with Crippen LogP contribution in [0.25, 0.3) is 0 Å². The van der Waals surface area contributed by atoms with Crippen LogP contribution >= 0.6 is 0 Å². The van der Waals surface area contributed by atoms with Crippen molar-refractivity contribution in [2.24, 2.45) is 0 Å². The molecule has 1 heterocycles. The van der Waals surface area contributed by atoms with E-state index in [0.29, 0.717) is 18.7 Å². The van der Waals surface area contributed by atoms with E-state index in [2.05, 4.69) is 16.0 Å². The lowest BCUT2D eigenvalue weighted by atomic mass is 10.1. The molecule has 6 heteroatoms. The van der Waals surface area contributed by atoms with Crippen molar-refractivity contribution < 1.29 is 9.90 Å². The van der Waals surface area contributed by atoms with E-state index in [4.69, 9.17) is 0 Å². The molecule has 0 atom stereocenters. The van der Waals surface area contributed by atoms with E-state index >= 15 is 0 Å². The van der Waals surface area contributed by atoms with E-state index in [0.717, 1.165) is 39.3 Å². The van der Waals surface area contributed by atoms with Crippen molar-refractivity contribution in [1.82, 2.24) is 20.9 Å². The van der Waals surface area contributed by atoms with Gasteiger partial charge < -0.3 is 26.0 Å². The molecule has 0 aliphatic carbocycles. The molecule has 0 radical (unpaired) electrons. The third-order valence-electron chi connectivity index (χ3n) is 3.50. The van der Waals surface area contributed by atoms with E-state index in [-0.39, 0.29) is 11.7 Å². The normalized spacial score (nSPS) is 18.6. The Hall–Kier alpha value is -1.63. The predicted molar refractivity (Wildman–Crippen MR) is 82.6 cm³/mol. The number of aromatic hydroxyl groups is 1. The number of carbonyl (C=O) groups excluding carboxylic acids is 1. The van der Waals surface area contributed by atoms with Crippen LogP contribution in [0.4, 0.5) is 0 Å². The molecule has 0 aromatic heterocycles. The summed E-state index contributed by atoms with van der Waals surface area (Å²) in [4.78, 5) is 14.3. The molecule has 1 aromatic carbocycles. The molecule has 0 bridgehead atoms. The van der Waals surface area contributed by atoms with Gasteiger partial charge in [0.15, 0.2) is 0 Å². The van der Waals surface area contributed by atoms with Crippen LogP contribution in [0, 0.1) is 0 Å². The number of amides is 1. The van der Waals surface area contributed by atoms with Crippen molar-refractivity contribution in [1.29, 1.82) is 0 Å². The van der Waals surface area contributed by atoms with E-state index < -0.39 is 0 Å². The molecule has 0 spiro atoms. The van der Waals surface area contributed by atoms with Crippen LogP contribution in [0.2, 0.25) is 0 Å². The van der Waals surface area contributed by atoms with Gasteiger partial charge in [-0.05, 0) is 12.1 Å². The number of carbonyl (C=O) groups is 1. The molecule has 1 aliphatic rings. The highest BCUT2D eigenvalue weighted by Gasteiger charge is 2.18. The lowest BCUT2D eigenvalue weighted by Crippen LogP contribution is -2.44. The van der Waals surface area contributed by atoms with Gasteiger partial charge in [-0.15, -0.1) is 0 Å². The minimum Gasteiger partial charge on any atom is -0.507 e. The van der Waals surface area contributed by atoms with Gasteiger partial charge in [0.25, 0.3) is 5.91 Å². The minimum absolute atomic E-state index is 0.0405. The summed E-state index contributed by atoms with van der Waals surface area (Å²) in [6.07, 6.45) is 0. The fourth-order valence-corrected chi connectivity index (χ4v) is 2.30. The van der Waals surface area contributed by atoms with Crippen LogP contribution in [0.3, 0.4) is 0 Å². The van der Waals surface area contributed by atoms with Gasteiger partial charge in [0.05, 0.1) is 5.56 Å². The Balaban J connectivity index is 1.99. The van der Waals surface area contributed by atoms with Gasteiger partial charge in [0.2, 0.25) is 0 Å². The van der Waals surface area contributed by atoms with Gasteiger partial charge in [-0.1, -0.05) is 12.1 Å². The van der Waals surface area contributed by atoms with Crippen LogP contribution in [-0.2, 0) is 0 Å². The fourth-order valence-electron chi connectivity index (χ4n) is 2.30. The number of nitrogens with zero attached hydrogens (tertiary/aromatic N) is 1. The van der Waals surface area contributed by atoms with Crippen molar-refractivity contribution in [3.63, 3.8) is 0 Å². The predicted octanol–water partition coefficient (Wildman–Crippen LogP) is -0.383. The Morgan fingerprint density at radius 2 is 1.43 bits per heavy atom. The Kier molecular flexibility index (Phi) is 6.46.